The van der Waals surface area contributed by atoms with Gasteiger partial charge in [-0.25, -0.2) is 15.0 Å². The fraction of sp³-hybridized carbons (Fsp3) is 0.273. The average molecular weight is 401 g/mol. The third-order valence-electron chi connectivity index (χ3n) is 5.41. The number of nitrogens with zero attached hydrogens (tertiary/aromatic N) is 4. The number of aromatic nitrogens is 3. The van der Waals surface area contributed by atoms with E-state index in [4.69, 9.17) is 0 Å². The summed E-state index contributed by atoms with van der Waals surface area (Å²) >= 11 is 0. The molecule has 2 aliphatic rings. The van der Waals surface area contributed by atoms with Crippen molar-refractivity contribution in [2.45, 2.75) is 25.9 Å². The van der Waals surface area contributed by atoms with E-state index in [-0.39, 0.29) is 12.1 Å². The molecule has 5 rings (SSSR count). The molecule has 0 bridgehead atoms. The Balaban J connectivity index is 1.27. The van der Waals surface area contributed by atoms with E-state index in [0.717, 1.165) is 47.5 Å². The van der Waals surface area contributed by atoms with Gasteiger partial charge in [-0.15, -0.1) is 0 Å². The maximum absolute atomic E-state index is 12.7. The zero-order valence-corrected chi connectivity index (χ0v) is 16.7. The van der Waals surface area contributed by atoms with Crippen molar-refractivity contribution in [1.29, 1.82) is 0 Å². The summed E-state index contributed by atoms with van der Waals surface area (Å²) in [6, 6.07) is 11.4. The molecule has 3 aromatic rings. The molecule has 1 aromatic carbocycles. The summed E-state index contributed by atoms with van der Waals surface area (Å²) in [5.41, 5.74) is 4.01. The van der Waals surface area contributed by atoms with Gasteiger partial charge < -0.3 is 20.9 Å². The van der Waals surface area contributed by atoms with Crippen LogP contribution in [-0.4, -0.2) is 33.9 Å². The maximum atomic E-state index is 12.7. The lowest BCUT2D eigenvalue weighted by Gasteiger charge is -2.16. The van der Waals surface area contributed by atoms with Gasteiger partial charge >= 0.3 is 0 Å². The summed E-state index contributed by atoms with van der Waals surface area (Å²) in [4.78, 5) is 28.0. The van der Waals surface area contributed by atoms with Crippen LogP contribution in [0.5, 0.6) is 0 Å². The Morgan fingerprint density at radius 3 is 2.67 bits per heavy atom. The first-order valence-corrected chi connectivity index (χ1v) is 10.1. The van der Waals surface area contributed by atoms with E-state index >= 15 is 0 Å². The molecule has 152 valence electrons. The van der Waals surface area contributed by atoms with Gasteiger partial charge in [0.25, 0.3) is 5.91 Å². The molecular weight excluding hydrogens is 378 g/mol. The van der Waals surface area contributed by atoms with Crippen LogP contribution in [0.1, 0.15) is 40.9 Å². The number of benzene rings is 1. The van der Waals surface area contributed by atoms with Crippen molar-refractivity contribution in [2.75, 3.05) is 33.9 Å². The van der Waals surface area contributed by atoms with Crippen molar-refractivity contribution >= 4 is 28.8 Å². The molecule has 3 N–H and O–H groups in total. The highest BCUT2D eigenvalue weighted by Gasteiger charge is 2.23. The molecule has 1 unspecified atom stereocenters. The summed E-state index contributed by atoms with van der Waals surface area (Å²) in [7, 11) is 0. The molecule has 0 saturated carbocycles. The van der Waals surface area contributed by atoms with Crippen LogP contribution in [0.25, 0.3) is 0 Å². The first-order chi connectivity index (χ1) is 14.7. The van der Waals surface area contributed by atoms with E-state index in [1.807, 2.05) is 43.3 Å². The molecule has 4 heterocycles. The minimum atomic E-state index is -0.177. The zero-order valence-electron chi connectivity index (χ0n) is 16.7. The summed E-state index contributed by atoms with van der Waals surface area (Å²) in [5, 5.41) is 9.75. The first kappa shape index (κ1) is 18.4. The van der Waals surface area contributed by atoms with Gasteiger partial charge in [0.1, 0.15) is 17.8 Å². The number of anilines is 4. The Morgan fingerprint density at radius 2 is 1.90 bits per heavy atom. The quantitative estimate of drug-likeness (QED) is 0.615. The summed E-state index contributed by atoms with van der Waals surface area (Å²) in [6.07, 6.45) is 5.66. The van der Waals surface area contributed by atoms with E-state index in [1.165, 1.54) is 12.8 Å². The zero-order chi connectivity index (χ0) is 20.5. The summed E-state index contributed by atoms with van der Waals surface area (Å²) < 4.78 is 0. The molecule has 2 aromatic heterocycles. The molecule has 2 aliphatic heterocycles. The Hall–Kier alpha value is -3.68. The van der Waals surface area contributed by atoms with Gasteiger partial charge in [-0.1, -0.05) is 0 Å². The van der Waals surface area contributed by atoms with Crippen molar-refractivity contribution < 1.29 is 4.79 Å². The molecule has 0 radical (unpaired) electrons. The topological polar surface area (TPSA) is 95.1 Å². The van der Waals surface area contributed by atoms with Gasteiger partial charge in [0.05, 0.1) is 22.6 Å². The molecule has 8 heteroatoms. The number of hydrogen-bond acceptors (Lipinski definition) is 7. The summed E-state index contributed by atoms with van der Waals surface area (Å²) in [6.45, 7) is 3.93. The van der Waals surface area contributed by atoms with Crippen molar-refractivity contribution in [3.05, 3.63) is 65.9 Å². The van der Waals surface area contributed by atoms with E-state index < -0.39 is 0 Å². The van der Waals surface area contributed by atoms with Crippen molar-refractivity contribution in [3.63, 3.8) is 0 Å². The van der Waals surface area contributed by atoms with Gasteiger partial charge in [0.15, 0.2) is 0 Å². The number of fused-ring (bicyclic) bond motifs is 1. The van der Waals surface area contributed by atoms with Crippen LogP contribution in [0.3, 0.4) is 0 Å². The Kier molecular flexibility index (Phi) is 4.66. The third kappa shape index (κ3) is 3.63. The maximum Gasteiger partial charge on any atom is 0.257 e. The van der Waals surface area contributed by atoms with Crippen molar-refractivity contribution in [3.8, 4) is 0 Å². The predicted molar refractivity (Wildman–Crippen MR) is 117 cm³/mol. The second-order valence-corrected chi connectivity index (χ2v) is 7.56. The normalized spacial score (nSPS) is 17.2. The number of amides is 1. The molecule has 1 amide bonds. The number of nitrogens with one attached hydrogen (secondary N) is 3. The van der Waals surface area contributed by atoms with Crippen LogP contribution in [0.4, 0.5) is 22.9 Å². The minimum Gasteiger partial charge on any atom is -0.359 e. The number of hydrogen-bond donors (Lipinski definition) is 3. The smallest absolute Gasteiger partial charge is 0.257 e. The second kappa shape index (κ2) is 7.62. The highest BCUT2D eigenvalue weighted by atomic mass is 16.1. The fourth-order valence-corrected chi connectivity index (χ4v) is 3.85. The van der Waals surface area contributed by atoms with Crippen molar-refractivity contribution in [1.82, 2.24) is 15.0 Å². The number of rotatable bonds is 4. The molecule has 30 heavy (non-hydrogen) atoms. The predicted octanol–water partition coefficient (Wildman–Crippen LogP) is 3.57. The molecule has 0 spiro atoms. The molecule has 1 saturated heterocycles. The largest absolute Gasteiger partial charge is 0.359 e. The number of aryl methyl sites for hydroxylation is 1. The monoisotopic (exact) mass is 401 g/mol. The second-order valence-electron chi connectivity index (χ2n) is 7.56. The highest BCUT2D eigenvalue weighted by Crippen LogP contribution is 2.36. The van der Waals surface area contributed by atoms with Crippen LogP contribution in [-0.2, 0) is 0 Å². The van der Waals surface area contributed by atoms with Crippen LogP contribution in [0, 0.1) is 6.92 Å². The van der Waals surface area contributed by atoms with Crippen LogP contribution in [0.15, 0.2) is 48.8 Å². The lowest BCUT2D eigenvalue weighted by atomic mass is 10.2. The molecule has 0 aliphatic carbocycles. The Labute approximate surface area is 174 Å². The van der Waals surface area contributed by atoms with E-state index in [1.54, 1.807) is 12.4 Å². The van der Waals surface area contributed by atoms with Gasteiger partial charge in [-0.05, 0) is 56.2 Å². The van der Waals surface area contributed by atoms with Gasteiger partial charge in [0.2, 0.25) is 0 Å². The summed E-state index contributed by atoms with van der Waals surface area (Å²) in [5.74, 6) is 1.48. The fourth-order valence-electron chi connectivity index (χ4n) is 3.85. The van der Waals surface area contributed by atoms with Gasteiger partial charge in [0, 0.05) is 31.2 Å². The average Bonchev–Trinajstić information content (AvgIpc) is 3.44. The Morgan fingerprint density at radius 1 is 1.07 bits per heavy atom. The van der Waals surface area contributed by atoms with Gasteiger partial charge in [-0.3, -0.25) is 4.79 Å². The van der Waals surface area contributed by atoms with E-state index in [2.05, 4.69) is 35.8 Å². The molecule has 1 fully saturated rings. The minimum absolute atomic E-state index is 0.130. The standard InChI is InChI=1S/C22H23N7O/c1-14-23-9-8-18(25-14)21-27-17-6-5-16(12-19(17)28-21)26-22(30)15-4-7-20(24-13-15)29-10-2-3-11-29/h4-9,12-13,21,27-28H,2-3,10-11H2,1H3,(H,26,30). The molecule has 1 atom stereocenters. The van der Waals surface area contributed by atoms with E-state index in [0.29, 0.717) is 5.56 Å². The van der Waals surface area contributed by atoms with Gasteiger partial charge in [-0.2, -0.15) is 0 Å². The lowest BCUT2D eigenvalue weighted by Crippen LogP contribution is -2.19. The lowest BCUT2D eigenvalue weighted by molar-refractivity contribution is 0.102. The SMILES string of the molecule is Cc1nccc(C2Nc3ccc(NC(=O)c4ccc(N5CCCC5)nc4)cc3N2)n1. The first-order valence-electron chi connectivity index (χ1n) is 10.1. The Bertz CT molecular complexity index is 1080. The third-order valence-corrected chi connectivity index (χ3v) is 5.41. The number of carbonyl (C=O) groups is 1. The van der Waals surface area contributed by atoms with Crippen molar-refractivity contribution in [2.24, 2.45) is 0 Å². The number of carbonyl (C=O) groups excluding carboxylic acids is 1. The molecular formula is C22H23N7O. The number of pyridine rings is 1. The molecule has 8 nitrogen and oxygen atoms in total. The highest BCUT2D eigenvalue weighted by molar-refractivity contribution is 6.04. The van der Waals surface area contributed by atoms with Crippen LogP contribution in [0.2, 0.25) is 0 Å². The van der Waals surface area contributed by atoms with Crippen LogP contribution < -0.4 is 20.9 Å². The van der Waals surface area contributed by atoms with E-state index in [9.17, 15) is 4.79 Å². The van der Waals surface area contributed by atoms with Crippen LogP contribution >= 0.6 is 0 Å².